The number of methoxy groups -OCH3 is 1. The van der Waals surface area contributed by atoms with Crippen LogP contribution in [0.15, 0.2) is 0 Å². The summed E-state index contributed by atoms with van der Waals surface area (Å²) >= 11 is 0. The highest BCUT2D eigenvalue weighted by atomic mass is 16.5. The molecule has 20 heavy (non-hydrogen) atoms. The normalized spacial score (nSPS) is 23.6. The number of rotatable bonds is 6. The van der Waals surface area contributed by atoms with Crippen LogP contribution in [0, 0.1) is 11.3 Å². The Morgan fingerprint density at radius 3 is 2.45 bits per heavy atom. The zero-order valence-corrected chi connectivity index (χ0v) is 13.9. The first-order valence-corrected chi connectivity index (χ1v) is 7.76. The van der Waals surface area contributed by atoms with E-state index in [0.717, 1.165) is 25.3 Å². The van der Waals surface area contributed by atoms with Crippen LogP contribution >= 0.6 is 0 Å². The van der Waals surface area contributed by atoms with E-state index < -0.39 is 5.54 Å². The van der Waals surface area contributed by atoms with E-state index in [2.05, 4.69) is 25.7 Å². The molecule has 1 rings (SSSR count). The molecule has 0 aromatic carbocycles. The minimum Gasteiger partial charge on any atom is -0.468 e. The fourth-order valence-electron chi connectivity index (χ4n) is 2.91. The minimum atomic E-state index is -0.840. The van der Waals surface area contributed by atoms with E-state index in [1.165, 1.54) is 26.6 Å². The van der Waals surface area contributed by atoms with Crippen LogP contribution in [-0.4, -0.2) is 43.2 Å². The minimum absolute atomic E-state index is 0.313. The number of carbonyl (C=O) groups excluding carboxylic acids is 1. The highest BCUT2D eigenvalue weighted by Gasteiger charge is 2.32. The molecule has 1 aliphatic rings. The molecule has 2 N–H and O–H groups in total. The Morgan fingerprint density at radius 2 is 1.95 bits per heavy atom. The number of carbonyl (C=O) groups is 1. The van der Waals surface area contributed by atoms with Crippen molar-refractivity contribution in [1.29, 1.82) is 0 Å². The Kier molecular flexibility index (Phi) is 6.02. The molecule has 0 spiro atoms. The van der Waals surface area contributed by atoms with Crippen LogP contribution in [0.25, 0.3) is 0 Å². The number of unbranched alkanes of at least 4 members (excludes halogenated alkanes) is 1. The fourth-order valence-corrected chi connectivity index (χ4v) is 2.91. The van der Waals surface area contributed by atoms with Gasteiger partial charge in [-0.3, -0.25) is 4.79 Å². The largest absolute Gasteiger partial charge is 0.468 e. The monoisotopic (exact) mass is 284 g/mol. The molecule has 0 aromatic rings. The van der Waals surface area contributed by atoms with Crippen molar-refractivity contribution in [3.63, 3.8) is 0 Å². The van der Waals surface area contributed by atoms with Crippen molar-refractivity contribution in [3.05, 3.63) is 0 Å². The summed E-state index contributed by atoms with van der Waals surface area (Å²) in [7, 11) is 1.39. The lowest BCUT2D eigenvalue weighted by Gasteiger charge is -2.27. The number of hydrogen-bond donors (Lipinski definition) is 1. The maximum absolute atomic E-state index is 11.5. The van der Waals surface area contributed by atoms with Gasteiger partial charge in [-0.05, 0) is 57.0 Å². The first-order chi connectivity index (χ1) is 9.16. The summed E-state index contributed by atoms with van der Waals surface area (Å²) in [4.78, 5) is 14.0. The van der Waals surface area contributed by atoms with Gasteiger partial charge in [-0.15, -0.1) is 0 Å². The first-order valence-electron chi connectivity index (χ1n) is 7.76. The van der Waals surface area contributed by atoms with Gasteiger partial charge in [0.15, 0.2) is 0 Å². The van der Waals surface area contributed by atoms with Gasteiger partial charge in [0.25, 0.3) is 0 Å². The van der Waals surface area contributed by atoms with Gasteiger partial charge < -0.3 is 15.4 Å². The van der Waals surface area contributed by atoms with Gasteiger partial charge >= 0.3 is 5.97 Å². The SMILES string of the molecule is COC(=O)C(C)(N)CCCCN1CCC(C(C)(C)C)C1. The van der Waals surface area contributed by atoms with Gasteiger partial charge in [0.05, 0.1) is 7.11 Å². The molecule has 2 atom stereocenters. The van der Waals surface area contributed by atoms with Gasteiger partial charge in [0.1, 0.15) is 5.54 Å². The Labute approximate surface area is 124 Å². The van der Waals surface area contributed by atoms with Crippen LogP contribution in [-0.2, 0) is 9.53 Å². The lowest BCUT2D eigenvalue weighted by molar-refractivity contribution is -0.146. The van der Waals surface area contributed by atoms with Gasteiger partial charge in [0, 0.05) is 6.54 Å². The fraction of sp³-hybridized carbons (Fsp3) is 0.938. The maximum Gasteiger partial charge on any atom is 0.325 e. The van der Waals surface area contributed by atoms with Crippen molar-refractivity contribution in [2.45, 2.75) is 58.9 Å². The Bertz CT molecular complexity index is 321. The van der Waals surface area contributed by atoms with Crippen molar-refractivity contribution in [3.8, 4) is 0 Å². The van der Waals surface area contributed by atoms with Crippen LogP contribution < -0.4 is 5.73 Å². The molecule has 1 saturated heterocycles. The molecule has 0 amide bonds. The molecule has 4 nitrogen and oxygen atoms in total. The second kappa shape index (κ2) is 6.90. The molecule has 1 fully saturated rings. The molecule has 0 aromatic heterocycles. The molecule has 0 bridgehead atoms. The molecule has 1 heterocycles. The quantitative estimate of drug-likeness (QED) is 0.601. The standard InChI is InChI=1S/C16H32N2O2/c1-15(2,3)13-8-11-18(12-13)10-7-6-9-16(4,17)14(19)20-5/h13H,6-12,17H2,1-5H3. The number of nitrogens with two attached hydrogens (primary N) is 1. The third kappa shape index (κ3) is 5.06. The topological polar surface area (TPSA) is 55.6 Å². The average Bonchev–Trinajstić information content (AvgIpc) is 2.82. The third-order valence-corrected chi connectivity index (χ3v) is 4.57. The second-order valence-corrected chi connectivity index (χ2v) is 7.52. The van der Waals surface area contributed by atoms with Crippen LogP contribution in [0.2, 0.25) is 0 Å². The summed E-state index contributed by atoms with van der Waals surface area (Å²) in [5.74, 6) is 0.490. The van der Waals surface area contributed by atoms with E-state index in [4.69, 9.17) is 10.5 Å². The summed E-state index contributed by atoms with van der Waals surface area (Å²) < 4.78 is 4.72. The van der Waals surface area contributed by atoms with Crippen LogP contribution in [0.1, 0.15) is 53.4 Å². The third-order valence-electron chi connectivity index (χ3n) is 4.57. The zero-order chi connectivity index (χ0) is 15.4. The number of likely N-dealkylation sites (tertiary alicyclic amines) is 1. The molecule has 0 radical (unpaired) electrons. The molecule has 0 aliphatic carbocycles. The summed E-state index contributed by atoms with van der Waals surface area (Å²) in [5.41, 5.74) is 5.53. The Morgan fingerprint density at radius 1 is 1.30 bits per heavy atom. The molecular formula is C16H32N2O2. The number of nitrogens with zero attached hydrogens (tertiary/aromatic N) is 1. The lowest BCUT2D eigenvalue weighted by atomic mass is 9.80. The maximum atomic E-state index is 11.5. The van der Waals surface area contributed by atoms with E-state index in [1.807, 2.05) is 0 Å². The number of ether oxygens (including phenoxy) is 1. The number of esters is 1. The van der Waals surface area contributed by atoms with Gasteiger partial charge in [-0.1, -0.05) is 20.8 Å². The van der Waals surface area contributed by atoms with Crippen molar-refractivity contribution >= 4 is 5.97 Å². The predicted molar refractivity (Wildman–Crippen MR) is 82.5 cm³/mol. The first kappa shape index (κ1) is 17.4. The van der Waals surface area contributed by atoms with Crippen molar-refractivity contribution in [2.75, 3.05) is 26.7 Å². The summed E-state index contributed by atoms with van der Waals surface area (Å²) in [6.45, 7) is 12.3. The van der Waals surface area contributed by atoms with Crippen LogP contribution in [0.3, 0.4) is 0 Å². The second-order valence-electron chi connectivity index (χ2n) is 7.52. The van der Waals surface area contributed by atoms with Gasteiger partial charge in [0.2, 0.25) is 0 Å². The Hall–Kier alpha value is -0.610. The van der Waals surface area contributed by atoms with Crippen molar-refractivity contribution in [1.82, 2.24) is 4.90 Å². The summed E-state index contributed by atoms with van der Waals surface area (Å²) in [5, 5.41) is 0. The van der Waals surface area contributed by atoms with Crippen LogP contribution in [0.5, 0.6) is 0 Å². The number of hydrogen-bond acceptors (Lipinski definition) is 4. The molecule has 4 heteroatoms. The van der Waals surface area contributed by atoms with E-state index >= 15 is 0 Å². The van der Waals surface area contributed by atoms with Crippen LogP contribution in [0.4, 0.5) is 0 Å². The van der Waals surface area contributed by atoms with Gasteiger partial charge in [-0.2, -0.15) is 0 Å². The van der Waals surface area contributed by atoms with Crippen molar-refractivity contribution < 1.29 is 9.53 Å². The molecule has 1 aliphatic heterocycles. The Balaban J connectivity index is 2.22. The molecule has 2 unspecified atom stereocenters. The smallest absolute Gasteiger partial charge is 0.325 e. The predicted octanol–water partition coefficient (Wildman–Crippen LogP) is 2.42. The van der Waals surface area contributed by atoms with Crippen molar-refractivity contribution in [2.24, 2.45) is 17.1 Å². The highest BCUT2D eigenvalue weighted by Crippen LogP contribution is 2.33. The average molecular weight is 284 g/mol. The summed E-state index contributed by atoms with van der Waals surface area (Å²) in [6.07, 6.45) is 4.07. The van der Waals surface area contributed by atoms with E-state index in [9.17, 15) is 4.79 Å². The summed E-state index contributed by atoms with van der Waals surface area (Å²) in [6, 6.07) is 0. The van der Waals surface area contributed by atoms with E-state index in [1.54, 1.807) is 6.92 Å². The van der Waals surface area contributed by atoms with Gasteiger partial charge in [-0.25, -0.2) is 0 Å². The molecule has 0 saturated carbocycles. The zero-order valence-electron chi connectivity index (χ0n) is 13.9. The van der Waals surface area contributed by atoms with E-state index in [0.29, 0.717) is 11.8 Å². The highest BCUT2D eigenvalue weighted by molar-refractivity contribution is 5.79. The molecule has 118 valence electrons. The molecular weight excluding hydrogens is 252 g/mol. The van der Waals surface area contributed by atoms with E-state index in [-0.39, 0.29) is 5.97 Å². The lowest BCUT2D eigenvalue weighted by Crippen LogP contribution is -2.45.